The van der Waals surface area contributed by atoms with Crippen molar-refractivity contribution in [2.75, 3.05) is 24.2 Å². The second kappa shape index (κ2) is 7.19. The number of carbonyl (C=O) groups is 1. The molecule has 2 aromatic rings. The van der Waals surface area contributed by atoms with Crippen LogP contribution >= 0.6 is 0 Å². The Morgan fingerprint density at radius 1 is 1.14 bits per heavy atom. The quantitative estimate of drug-likeness (QED) is 0.538. The van der Waals surface area contributed by atoms with Gasteiger partial charge in [0.1, 0.15) is 5.75 Å². The van der Waals surface area contributed by atoms with Crippen LogP contribution in [0, 0.1) is 0 Å². The van der Waals surface area contributed by atoms with Gasteiger partial charge in [-0.05, 0) is 30.7 Å². The molecule has 0 bridgehead atoms. The van der Waals surface area contributed by atoms with Crippen LogP contribution in [0.4, 0.5) is 11.4 Å². The molecule has 0 saturated carbocycles. The van der Waals surface area contributed by atoms with Crippen molar-refractivity contribution in [2.24, 2.45) is 0 Å². The number of nitrogens with two attached hydrogens (primary N) is 1. The SMILES string of the molecule is Nc1cccc(C(=O)O)c1NCCCOc1ccccc1. The van der Waals surface area contributed by atoms with Crippen molar-refractivity contribution in [3.05, 3.63) is 54.1 Å². The molecule has 0 radical (unpaired) electrons. The van der Waals surface area contributed by atoms with Crippen LogP contribution < -0.4 is 15.8 Å². The summed E-state index contributed by atoms with van der Waals surface area (Å²) in [7, 11) is 0. The maximum atomic E-state index is 11.1. The Kier molecular flexibility index (Phi) is 5.04. The highest BCUT2D eigenvalue weighted by Crippen LogP contribution is 2.23. The van der Waals surface area contributed by atoms with E-state index >= 15 is 0 Å². The van der Waals surface area contributed by atoms with Crippen molar-refractivity contribution in [1.82, 2.24) is 0 Å². The topological polar surface area (TPSA) is 84.6 Å². The molecule has 0 saturated heterocycles. The van der Waals surface area contributed by atoms with Gasteiger partial charge in [0, 0.05) is 6.54 Å². The van der Waals surface area contributed by atoms with Crippen molar-refractivity contribution < 1.29 is 14.6 Å². The predicted molar refractivity (Wildman–Crippen MR) is 82.9 cm³/mol. The van der Waals surface area contributed by atoms with Gasteiger partial charge in [-0.25, -0.2) is 4.79 Å². The Bertz CT molecular complexity index is 600. The van der Waals surface area contributed by atoms with Crippen LogP contribution in [-0.2, 0) is 0 Å². The van der Waals surface area contributed by atoms with Crippen molar-refractivity contribution in [1.29, 1.82) is 0 Å². The molecule has 0 fully saturated rings. The summed E-state index contributed by atoms with van der Waals surface area (Å²) in [5.74, 6) is -0.173. The molecule has 0 aliphatic heterocycles. The van der Waals surface area contributed by atoms with Gasteiger partial charge in [0.05, 0.1) is 23.5 Å². The van der Waals surface area contributed by atoms with Gasteiger partial charge < -0.3 is 20.9 Å². The first kappa shape index (κ1) is 14.7. The summed E-state index contributed by atoms with van der Waals surface area (Å²) in [6, 6.07) is 14.4. The van der Waals surface area contributed by atoms with E-state index in [0.29, 0.717) is 24.5 Å². The Balaban J connectivity index is 1.83. The highest BCUT2D eigenvalue weighted by atomic mass is 16.5. The zero-order valence-corrected chi connectivity index (χ0v) is 11.6. The predicted octanol–water partition coefficient (Wildman–Crippen LogP) is 2.85. The van der Waals surface area contributed by atoms with Crippen molar-refractivity contribution in [3.63, 3.8) is 0 Å². The minimum absolute atomic E-state index is 0.180. The van der Waals surface area contributed by atoms with Gasteiger partial charge in [-0.1, -0.05) is 24.3 Å². The first-order chi connectivity index (χ1) is 10.2. The van der Waals surface area contributed by atoms with E-state index in [4.69, 9.17) is 15.6 Å². The number of hydrogen-bond donors (Lipinski definition) is 3. The molecule has 110 valence electrons. The van der Waals surface area contributed by atoms with E-state index in [2.05, 4.69) is 5.32 Å². The van der Waals surface area contributed by atoms with E-state index in [-0.39, 0.29) is 5.56 Å². The van der Waals surface area contributed by atoms with Crippen LogP contribution in [0.5, 0.6) is 5.75 Å². The molecule has 2 aromatic carbocycles. The number of aromatic carboxylic acids is 1. The molecule has 21 heavy (non-hydrogen) atoms. The minimum Gasteiger partial charge on any atom is -0.494 e. The summed E-state index contributed by atoms with van der Waals surface area (Å²) in [6.07, 6.45) is 0.738. The molecule has 4 N–H and O–H groups in total. The summed E-state index contributed by atoms with van der Waals surface area (Å²) < 4.78 is 5.56. The Morgan fingerprint density at radius 2 is 1.90 bits per heavy atom. The summed E-state index contributed by atoms with van der Waals surface area (Å²) in [6.45, 7) is 1.13. The van der Waals surface area contributed by atoms with E-state index in [1.165, 1.54) is 6.07 Å². The molecule has 0 unspecified atom stereocenters. The monoisotopic (exact) mass is 286 g/mol. The van der Waals surface area contributed by atoms with Crippen molar-refractivity contribution >= 4 is 17.3 Å². The van der Waals surface area contributed by atoms with E-state index in [1.54, 1.807) is 12.1 Å². The van der Waals surface area contributed by atoms with Crippen molar-refractivity contribution in [2.45, 2.75) is 6.42 Å². The van der Waals surface area contributed by atoms with Gasteiger partial charge in [0.15, 0.2) is 0 Å². The van der Waals surface area contributed by atoms with Crippen LogP contribution in [0.15, 0.2) is 48.5 Å². The number of nitrogens with one attached hydrogen (secondary N) is 1. The number of rotatable bonds is 7. The smallest absolute Gasteiger partial charge is 0.337 e. The number of ether oxygens (including phenoxy) is 1. The third kappa shape index (κ3) is 4.14. The Morgan fingerprint density at radius 3 is 2.62 bits per heavy atom. The van der Waals surface area contributed by atoms with Crippen LogP contribution in [0.2, 0.25) is 0 Å². The Hall–Kier alpha value is -2.69. The van der Waals surface area contributed by atoms with Gasteiger partial charge >= 0.3 is 5.97 Å². The molecule has 2 rings (SSSR count). The highest BCUT2D eigenvalue weighted by Gasteiger charge is 2.11. The number of hydrogen-bond acceptors (Lipinski definition) is 4. The highest BCUT2D eigenvalue weighted by molar-refractivity contribution is 5.97. The molecule has 0 aliphatic carbocycles. The molecule has 0 aliphatic rings. The lowest BCUT2D eigenvalue weighted by Crippen LogP contribution is -2.12. The fraction of sp³-hybridized carbons (Fsp3) is 0.188. The number of carboxylic acids is 1. The fourth-order valence-corrected chi connectivity index (χ4v) is 1.94. The van der Waals surface area contributed by atoms with Crippen molar-refractivity contribution in [3.8, 4) is 5.75 Å². The van der Waals surface area contributed by atoms with Crippen LogP contribution in [-0.4, -0.2) is 24.2 Å². The van der Waals surface area contributed by atoms with Gasteiger partial charge in [-0.3, -0.25) is 0 Å². The zero-order chi connectivity index (χ0) is 15.1. The lowest BCUT2D eigenvalue weighted by molar-refractivity contribution is 0.0698. The number of carboxylic acid groups (broad SMARTS) is 1. The number of para-hydroxylation sites is 2. The fourth-order valence-electron chi connectivity index (χ4n) is 1.94. The van der Waals surface area contributed by atoms with Gasteiger partial charge in [-0.2, -0.15) is 0 Å². The second-order valence-corrected chi connectivity index (χ2v) is 4.52. The third-order valence-electron chi connectivity index (χ3n) is 2.96. The zero-order valence-electron chi connectivity index (χ0n) is 11.6. The minimum atomic E-state index is -0.995. The molecule has 0 amide bonds. The summed E-state index contributed by atoms with van der Waals surface area (Å²) in [5.41, 5.74) is 6.88. The van der Waals surface area contributed by atoms with E-state index in [1.807, 2.05) is 30.3 Å². The molecule has 5 nitrogen and oxygen atoms in total. The van der Waals surface area contributed by atoms with E-state index in [9.17, 15) is 4.79 Å². The number of nitrogen functional groups attached to an aromatic ring is 1. The average molecular weight is 286 g/mol. The molecular formula is C16H18N2O3. The standard InChI is InChI=1S/C16H18N2O3/c17-14-9-4-8-13(16(19)20)15(14)18-10-5-11-21-12-6-2-1-3-7-12/h1-4,6-9,18H,5,10-11,17H2,(H,19,20). The van der Waals surface area contributed by atoms with Crippen LogP contribution in [0.3, 0.4) is 0 Å². The largest absolute Gasteiger partial charge is 0.494 e. The summed E-state index contributed by atoms with van der Waals surface area (Å²) in [4.78, 5) is 11.1. The maximum absolute atomic E-state index is 11.1. The Labute approximate surface area is 123 Å². The van der Waals surface area contributed by atoms with E-state index < -0.39 is 5.97 Å². The normalized spacial score (nSPS) is 10.1. The van der Waals surface area contributed by atoms with E-state index in [0.717, 1.165) is 12.2 Å². The molecular weight excluding hydrogens is 268 g/mol. The molecule has 0 aromatic heterocycles. The number of anilines is 2. The van der Waals surface area contributed by atoms with Crippen LogP contribution in [0.25, 0.3) is 0 Å². The second-order valence-electron chi connectivity index (χ2n) is 4.52. The summed E-state index contributed by atoms with van der Waals surface area (Å²) in [5, 5.41) is 12.2. The maximum Gasteiger partial charge on any atom is 0.337 e. The molecule has 0 atom stereocenters. The lowest BCUT2D eigenvalue weighted by atomic mass is 10.1. The average Bonchev–Trinajstić information content (AvgIpc) is 2.49. The summed E-state index contributed by atoms with van der Waals surface area (Å²) >= 11 is 0. The lowest BCUT2D eigenvalue weighted by Gasteiger charge is -2.12. The first-order valence-corrected chi connectivity index (χ1v) is 6.72. The van der Waals surface area contributed by atoms with Crippen LogP contribution in [0.1, 0.15) is 16.8 Å². The van der Waals surface area contributed by atoms with Gasteiger partial charge in [0.2, 0.25) is 0 Å². The van der Waals surface area contributed by atoms with Gasteiger partial charge in [-0.15, -0.1) is 0 Å². The molecule has 5 heteroatoms. The number of benzene rings is 2. The van der Waals surface area contributed by atoms with Gasteiger partial charge in [0.25, 0.3) is 0 Å². The molecule has 0 heterocycles. The first-order valence-electron chi connectivity index (χ1n) is 6.72. The third-order valence-corrected chi connectivity index (χ3v) is 2.96. The molecule has 0 spiro atoms.